The highest BCUT2D eigenvalue weighted by atomic mass is 19.1. The van der Waals surface area contributed by atoms with Crippen LogP contribution in [-0.2, 0) is 4.79 Å². The number of carbonyl (C=O) groups is 1. The Hall–Kier alpha value is -1.46. The van der Waals surface area contributed by atoms with Gasteiger partial charge < -0.3 is 16.0 Å². The molecule has 1 aromatic carbocycles. The van der Waals surface area contributed by atoms with Crippen LogP contribution in [-0.4, -0.2) is 37.0 Å². The number of primary amides is 1. The first kappa shape index (κ1) is 16.6. The molecule has 1 amide bonds. The minimum atomic E-state index is -0.787. The molecule has 5 heteroatoms. The van der Waals surface area contributed by atoms with E-state index in [1.165, 1.54) is 6.07 Å². The predicted molar refractivity (Wildman–Crippen MR) is 78.9 cm³/mol. The quantitative estimate of drug-likeness (QED) is 0.761. The van der Waals surface area contributed by atoms with E-state index in [0.717, 1.165) is 25.2 Å². The van der Waals surface area contributed by atoms with Gasteiger partial charge >= 0.3 is 0 Å². The molecule has 20 heavy (non-hydrogen) atoms. The van der Waals surface area contributed by atoms with Gasteiger partial charge in [-0.3, -0.25) is 4.79 Å². The molecule has 0 aromatic heterocycles. The average Bonchev–Trinajstić information content (AvgIpc) is 2.42. The number of aryl methyl sites for hydroxylation is 1. The molecule has 0 saturated carbocycles. The molecule has 4 nitrogen and oxygen atoms in total. The highest BCUT2D eigenvalue weighted by molar-refractivity contribution is 5.81. The normalized spacial score (nSPS) is 12.7. The minimum Gasteiger partial charge on any atom is -0.368 e. The number of hydrogen-bond donors (Lipinski definition) is 2. The maximum atomic E-state index is 13.8. The first-order chi connectivity index (χ1) is 9.49. The maximum absolute atomic E-state index is 13.8. The zero-order chi connectivity index (χ0) is 15.1. The largest absolute Gasteiger partial charge is 0.368 e. The van der Waals surface area contributed by atoms with Crippen molar-refractivity contribution in [3.63, 3.8) is 0 Å². The van der Waals surface area contributed by atoms with Gasteiger partial charge in [0.25, 0.3) is 0 Å². The summed E-state index contributed by atoms with van der Waals surface area (Å²) in [5, 5.41) is 3.05. The van der Waals surface area contributed by atoms with Gasteiger partial charge in [0.15, 0.2) is 0 Å². The number of benzene rings is 1. The Morgan fingerprint density at radius 1 is 1.40 bits per heavy atom. The lowest BCUT2D eigenvalue weighted by molar-refractivity contribution is -0.120. The van der Waals surface area contributed by atoms with Gasteiger partial charge in [-0.15, -0.1) is 0 Å². The molecule has 112 valence electrons. The van der Waals surface area contributed by atoms with Crippen molar-refractivity contribution in [2.24, 2.45) is 5.73 Å². The summed E-state index contributed by atoms with van der Waals surface area (Å²) in [6, 6.07) is 3.92. The lowest BCUT2D eigenvalue weighted by Crippen LogP contribution is -2.39. The van der Waals surface area contributed by atoms with E-state index < -0.39 is 17.8 Å². The fourth-order valence-corrected chi connectivity index (χ4v) is 2.16. The molecule has 0 aliphatic carbocycles. The Balaban J connectivity index is 2.75. The van der Waals surface area contributed by atoms with Gasteiger partial charge in [-0.2, -0.15) is 0 Å². The Morgan fingerprint density at radius 2 is 2.05 bits per heavy atom. The van der Waals surface area contributed by atoms with E-state index in [2.05, 4.69) is 24.1 Å². The summed E-state index contributed by atoms with van der Waals surface area (Å²) in [4.78, 5) is 13.8. The first-order valence-corrected chi connectivity index (χ1v) is 7.00. The standard InChI is InChI=1S/C15H24FN3O/c1-4-19(5-2)9-8-18-14(15(17)20)12-10-11(3)6-7-13(12)16/h6-7,10,14,18H,4-5,8-9H2,1-3H3,(H2,17,20). The molecule has 0 bridgehead atoms. The number of rotatable bonds is 8. The van der Waals surface area contributed by atoms with Crippen LogP contribution in [0.3, 0.4) is 0 Å². The second kappa shape index (κ2) is 7.97. The summed E-state index contributed by atoms with van der Waals surface area (Å²) in [5.41, 5.74) is 6.61. The van der Waals surface area contributed by atoms with E-state index in [1.807, 2.05) is 6.92 Å². The molecule has 0 aliphatic heterocycles. The van der Waals surface area contributed by atoms with Crippen LogP contribution in [0.4, 0.5) is 4.39 Å². The van der Waals surface area contributed by atoms with E-state index in [1.54, 1.807) is 12.1 Å². The third-order valence-electron chi connectivity index (χ3n) is 3.42. The van der Waals surface area contributed by atoms with E-state index in [0.29, 0.717) is 12.1 Å². The fraction of sp³-hybridized carbons (Fsp3) is 0.533. The number of likely N-dealkylation sites (N-methyl/N-ethyl adjacent to an activating group) is 1. The van der Waals surface area contributed by atoms with Crippen LogP contribution >= 0.6 is 0 Å². The molecule has 3 N–H and O–H groups in total. The number of hydrogen-bond acceptors (Lipinski definition) is 3. The molecule has 0 saturated heterocycles. The summed E-state index contributed by atoms with van der Waals surface area (Å²) < 4.78 is 13.8. The summed E-state index contributed by atoms with van der Waals surface area (Å²) >= 11 is 0. The number of nitrogens with two attached hydrogens (primary N) is 1. The highest BCUT2D eigenvalue weighted by Gasteiger charge is 2.20. The van der Waals surface area contributed by atoms with Crippen molar-refractivity contribution in [2.75, 3.05) is 26.2 Å². The van der Waals surface area contributed by atoms with E-state index in [4.69, 9.17) is 5.73 Å². The van der Waals surface area contributed by atoms with Gasteiger partial charge in [-0.25, -0.2) is 4.39 Å². The SMILES string of the molecule is CCN(CC)CCNC(C(N)=O)c1cc(C)ccc1F. The van der Waals surface area contributed by atoms with Crippen molar-refractivity contribution >= 4 is 5.91 Å². The Kier molecular flexibility index (Phi) is 6.61. The van der Waals surface area contributed by atoms with Crippen LogP contribution in [0.1, 0.15) is 31.0 Å². The van der Waals surface area contributed by atoms with Gasteiger partial charge in [0, 0.05) is 18.7 Å². The van der Waals surface area contributed by atoms with E-state index >= 15 is 0 Å². The minimum absolute atomic E-state index is 0.317. The zero-order valence-electron chi connectivity index (χ0n) is 12.4. The van der Waals surface area contributed by atoms with Gasteiger partial charge in [-0.1, -0.05) is 31.5 Å². The van der Waals surface area contributed by atoms with Crippen LogP contribution in [0.5, 0.6) is 0 Å². The van der Waals surface area contributed by atoms with Gasteiger partial charge in [-0.05, 0) is 26.1 Å². The van der Waals surface area contributed by atoms with Crippen LogP contribution in [0.25, 0.3) is 0 Å². The van der Waals surface area contributed by atoms with Crippen molar-refractivity contribution in [1.82, 2.24) is 10.2 Å². The smallest absolute Gasteiger partial charge is 0.239 e. The zero-order valence-corrected chi connectivity index (χ0v) is 12.4. The molecule has 1 atom stereocenters. The maximum Gasteiger partial charge on any atom is 0.239 e. The second-order valence-corrected chi connectivity index (χ2v) is 4.84. The van der Waals surface area contributed by atoms with Crippen molar-refractivity contribution in [2.45, 2.75) is 26.8 Å². The number of nitrogens with zero attached hydrogens (tertiary/aromatic N) is 1. The molecular weight excluding hydrogens is 257 g/mol. The van der Waals surface area contributed by atoms with Crippen LogP contribution < -0.4 is 11.1 Å². The molecule has 0 heterocycles. The van der Waals surface area contributed by atoms with Crippen molar-refractivity contribution in [1.29, 1.82) is 0 Å². The Bertz CT molecular complexity index is 447. The second-order valence-electron chi connectivity index (χ2n) is 4.84. The predicted octanol–water partition coefficient (Wildman–Crippen LogP) is 1.59. The summed E-state index contributed by atoms with van der Waals surface area (Å²) in [6.45, 7) is 9.28. The summed E-state index contributed by atoms with van der Waals surface area (Å²) in [6.07, 6.45) is 0. The first-order valence-electron chi connectivity index (χ1n) is 7.00. The van der Waals surface area contributed by atoms with E-state index in [9.17, 15) is 9.18 Å². The van der Waals surface area contributed by atoms with E-state index in [-0.39, 0.29) is 0 Å². The third kappa shape index (κ3) is 4.58. The highest BCUT2D eigenvalue weighted by Crippen LogP contribution is 2.18. The van der Waals surface area contributed by atoms with Gasteiger partial charge in [0.2, 0.25) is 5.91 Å². The summed E-state index contributed by atoms with van der Waals surface area (Å²) in [7, 11) is 0. The van der Waals surface area contributed by atoms with Crippen LogP contribution in [0.15, 0.2) is 18.2 Å². The lowest BCUT2D eigenvalue weighted by Gasteiger charge is -2.21. The topological polar surface area (TPSA) is 58.4 Å². The van der Waals surface area contributed by atoms with Crippen molar-refractivity contribution in [3.05, 3.63) is 35.1 Å². The monoisotopic (exact) mass is 281 g/mol. The Morgan fingerprint density at radius 3 is 2.60 bits per heavy atom. The molecule has 1 unspecified atom stereocenters. The molecule has 0 radical (unpaired) electrons. The molecule has 1 aromatic rings. The Labute approximate surface area is 120 Å². The number of amides is 1. The van der Waals surface area contributed by atoms with Gasteiger partial charge in [0.1, 0.15) is 11.9 Å². The number of carbonyl (C=O) groups excluding carboxylic acids is 1. The number of nitrogens with one attached hydrogen (secondary N) is 1. The molecule has 1 rings (SSSR count). The average molecular weight is 281 g/mol. The lowest BCUT2D eigenvalue weighted by atomic mass is 10.0. The van der Waals surface area contributed by atoms with Crippen LogP contribution in [0.2, 0.25) is 0 Å². The van der Waals surface area contributed by atoms with Gasteiger partial charge in [0.05, 0.1) is 0 Å². The molecule has 0 aliphatic rings. The van der Waals surface area contributed by atoms with Crippen LogP contribution in [0, 0.1) is 12.7 Å². The fourth-order valence-electron chi connectivity index (χ4n) is 2.16. The molecular formula is C15H24FN3O. The van der Waals surface area contributed by atoms with Crippen molar-refractivity contribution < 1.29 is 9.18 Å². The third-order valence-corrected chi connectivity index (χ3v) is 3.42. The van der Waals surface area contributed by atoms with Crippen molar-refractivity contribution in [3.8, 4) is 0 Å². The number of halogens is 1. The summed E-state index contributed by atoms with van der Waals surface area (Å²) in [5.74, 6) is -0.969. The molecule has 0 fully saturated rings. The molecule has 0 spiro atoms.